The molecule has 0 amide bonds. The molecule has 0 bridgehead atoms. The fourth-order valence-corrected chi connectivity index (χ4v) is 3.41. The van der Waals surface area contributed by atoms with Crippen molar-refractivity contribution >= 4 is 17.7 Å². The lowest BCUT2D eigenvalue weighted by Gasteiger charge is -2.24. The summed E-state index contributed by atoms with van der Waals surface area (Å²) >= 11 is 2.03. The quantitative estimate of drug-likeness (QED) is 0.658. The third-order valence-corrected chi connectivity index (χ3v) is 4.76. The predicted octanol–water partition coefficient (Wildman–Crippen LogP) is 1.99. The zero-order valence-electron chi connectivity index (χ0n) is 12.4. The van der Waals surface area contributed by atoms with Crippen molar-refractivity contribution in [3.63, 3.8) is 0 Å². The van der Waals surface area contributed by atoms with Crippen LogP contribution in [-0.4, -0.2) is 42.1 Å². The highest BCUT2D eigenvalue weighted by molar-refractivity contribution is 7.99. The number of nitrogens with zero attached hydrogens (tertiary/aromatic N) is 2. The molecule has 0 aliphatic carbocycles. The van der Waals surface area contributed by atoms with Gasteiger partial charge in [0.1, 0.15) is 0 Å². The molecule has 1 aliphatic rings. The number of thioether (sulfide) groups is 1. The molecule has 2 N–H and O–H groups in total. The normalized spacial score (nSPS) is 19.7. The number of guanidine groups is 1. The number of rotatable bonds is 4. The van der Waals surface area contributed by atoms with Gasteiger partial charge in [0.15, 0.2) is 5.96 Å². The second-order valence-electron chi connectivity index (χ2n) is 5.11. The largest absolute Gasteiger partial charge is 0.356 e. The van der Waals surface area contributed by atoms with Gasteiger partial charge in [-0.25, -0.2) is 0 Å². The topological polar surface area (TPSA) is 49.3 Å². The van der Waals surface area contributed by atoms with Crippen molar-refractivity contribution in [3.05, 3.63) is 29.6 Å². The van der Waals surface area contributed by atoms with E-state index in [0.29, 0.717) is 6.04 Å². The predicted molar refractivity (Wildman–Crippen MR) is 87.5 cm³/mol. The Morgan fingerprint density at radius 3 is 3.15 bits per heavy atom. The summed E-state index contributed by atoms with van der Waals surface area (Å²) in [6.07, 6.45) is 7.32. The fraction of sp³-hybridized carbons (Fsp3) is 0.600. The van der Waals surface area contributed by atoms with Crippen LogP contribution in [0.2, 0.25) is 0 Å². The van der Waals surface area contributed by atoms with Crippen molar-refractivity contribution in [2.24, 2.45) is 4.99 Å². The van der Waals surface area contributed by atoms with Gasteiger partial charge in [-0.3, -0.25) is 9.98 Å². The molecular weight excluding hydrogens is 268 g/mol. The van der Waals surface area contributed by atoms with E-state index in [2.05, 4.69) is 33.6 Å². The molecule has 4 nitrogen and oxygen atoms in total. The zero-order valence-corrected chi connectivity index (χ0v) is 13.2. The average Bonchev–Trinajstić information content (AvgIpc) is 2.49. The van der Waals surface area contributed by atoms with Crippen molar-refractivity contribution in [2.75, 3.05) is 25.1 Å². The lowest BCUT2D eigenvalue weighted by atomic mass is 10.1. The van der Waals surface area contributed by atoms with Gasteiger partial charge < -0.3 is 10.6 Å². The van der Waals surface area contributed by atoms with E-state index in [0.717, 1.165) is 18.9 Å². The summed E-state index contributed by atoms with van der Waals surface area (Å²) in [4.78, 5) is 8.43. The van der Waals surface area contributed by atoms with E-state index < -0.39 is 0 Å². The first-order chi connectivity index (χ1) is 9.79. The van der Waals surface area contributed by atoms with Crippen LogP contribution in [0.3, 0.4) is 0 Å². The Morgan fingerprint density at radius 1 is 1.55 bits per heavy atom. The first kappa shape index (κ1) is 15.2. The van der Waals surface area contributed by atoms with E-state index >= 15 is 0 Å². The number of aromatic nitrogens is 1. The summed E-state index contributed by atoms with van der Waals surface area (Å²) in [5.74, 6) is 3.40. The highest BCUT2D eigenvalue weighted by atomic mass is 32.2. The molecule has 2 rings (SSSR count). The van der Waals surface area contributed by atoms with Crippen LogP contribution in [0.1, 0.15) is 24.0 Å². The monoisotopic (exact) mass is 292 g/mol. The summed E-state index contributed by atoms with van der Waals surface area (Å²) in [6.45, 7) is 3.00. The Morgan fingerprint density at radius 2 is 2.45 bits per heavy atom. The fourth-order valence-electron chi connectivity index (χ4n) is 2.34. The molecule has 1 unspecified atom stereocenters. The molecule has 1 atom stereocenters. The SMILES string of the molecule is CN=C(NCCc1ccncc1C)NC1CCCSC1. The molecule has 20 heavy (non-hydrogen) atoms. The Bertz CT molecular complexity index is 441. The van der Waals surface area contributed by atoms with Gasteiger partial charge in [-0.1, -0.05) is 0 Å². The van der Waals surface area contributed by atoms with Crippen LogP contribution in [-0.2, 0) is 6.42 Å². The maximum absolute atomic E-state index is 4.31. The van der Waals surface area contributed by atoms with Crippen LogP contribution < -0.4 is 10.6 Å². The molecule has 1 saturated heterocycles. The number of hydrogen-bond donors (Lipinski definition) is 2. The molecule has 0 aromatic carbocycles. The minimum absolute atomic E-state index is 0.558. The van der Waals surface area contributed by atoms with Crippen molar-refractivity contribution in [3.8, 4) is 0 Å². The summed E-state index contributed by atoms with van der Waals surface area (Å²) in [6, 6.07) is 2.65. The van der Waals surface area contributed by atoms with Gasteiger partial charge in [0, 0.05) is 37.8 Å². The Balaban J connectivity index is 1.75. The minimum Gasteiger partial charge on any atom is -0.356 e. The van der Waals surface area contributed by atoms with Crippen LogP contribution in [0.15, 0.2) is 23.5 Å². The third-order valence-electron chi connectivity index (χ3n) is 3.55. The molecule has 0 radical (unpaired) electrons. The van der Waals surface area contributed by atoms with Crippen molar-refractivity contribution in [1.29, 1.82) is 0 Å². The summed E-state index contributed by atoms with van der Waals surface area (Å²) in [7, 11) is 1.84. The Labute approximate surface area is 125 Å². The van der Waals surface area contributed by atoms with Gasteiger partial charge in [0.05, 0.1) is 0 Å². The Hall–Kier alpha value is -1.23. The zero-order chi connectivity index (χ0) is 14.2. The first-order valence-electron chi connectivity index (χ1n) is 7.24. The number of aryl methyl sites for hydroxylation is 1. The van der Waals surface area contributed by atoms with Crippen LogP contribution in [0.25, 0.3) is 0 Å². The average molecular weight is 292 g/mol. The molecule has 0 saturated carbocycles. The first-order valence-corrected chi connectivity index (χ1v) is 8.39. The summed E-state index contributed by atoms with van der Waals surface area (Å²) in [5.41, 5.74) is 2.59. The van der Waals surface area contributed by atoms with Crippen LogP contribution in [0.4, 0.5) is 0 Å². The van der Waals surface area contributed by atoms with Gasteiger partial charge in [-0.05, 0) is 49.1 Å². The molecule has 110 valence electrons. The lowest BCUT2D eigenvalue weighted by molar-refractivity contribution is 0.582. The smallest absolute Gasteiger partial charge is 0.191 e. The number of nitrogens with one attached hydrogen (secondary N) is 2. The van der Waals surface area contributed by atoms with Gasteiger partial charge in [0.25, 0.3) is 0 Å². The number of hydrogen-bond acceptors (Lipinski definition) is 3. The second-order valence-corrected chi connectivity index (χ2v) is 6.26. The van der Waals surface area contributed by atoms with Gasteiger partial charge in [0.2, 0.25) is 0 Å². The third kappa shape index (κ3) is 4.71. The molecule has 5 heteroatoms. The minimum atomic E-state index is 0.558. The number of aliphatic imine (C=N–C) groups is 1. The number of pyridine rings is 1. The Kier molecular flexibility index (Phi) is 6.18. The van der Waals surface area contributed by atoms with Crippen molar-refractivity contribution in [2.45, 2.75) is 32.2 Å². The van der Waals surface area contributed by atoms with E-state index in [9.17, 15) is 0 Å². The molecule has 0 spiro atoms. The summed E-state index contributed by atoms with van der Waals surface area (Å²) < 4.78 is 0. The van der Waals surface area contributed by atoms with Crippen LogP contribution in [0.5, 0.6) is 0 Å². The molecule has 1 aliphatic heterocycles. The van der Waals surface area contributed by atoms with Gasteiger partial charge in [-0.15, -0.1) is 0 Å². The van der Waals surface area contributed by atoms with Gasteiger partial charge in [-0.2, -0.15) is 11.8 Å². The molecule has 2 heterocycles. The maximum atomic E-state index is 4.31. The highest BCUT2D eigenvalue weighted by Crippen LogP contribution is 2.16. The van der Waals surface area contributed by atoms with E-state index in [-0.39, 0.29) is 0 Å². The van der Waals surface area contributed by atoms with E-state index in [4.69, 9.17) is 0 Å². The van der Waals surface area contributed by atoms with E-state index in [1.807, 2.05) is 31.2 Å². The van der Waals surface area contributed by atoms with E-state index in [1.165, 1.54) is 35.5 Å². The maximum Gasteiger partial charge on any atom is 0.191 e. The van der Waals surface area contributed by atoms with Crippen LogP contribution >= 0.6 is 11.8 Å². The molecule has 1 aromatic rings. The van der Waals surface area contributed by atoms with Crippen molar-refractivity contribution < 1.29 is 0 Å². The molecule has 1 fully saturated rings. The lowest BCUT2D eigenvalue weighted by Crippen LogP contribution is -2.46. The van der Waals surface area contributed by atoms with Gasteiger partial charge >= 0.3 is 0 Å². The standard InChI is InChI=1S/C15H24N4S/c1-12-10-17-7-5-13(12)6-8-18-15(16-2)19-14-4-3-9-20-11-14/h5,7,10,14H,3-4,6,8-9,11H2,1-2H3,(H2,16,18,19). The summed E-state index contributed by atoms with van der Waals surface area (Å²) in [5, 5.41) is 6.91. The molecular formula is C15H24N4S. The molecule has 1 aromatic heterocycles. The second kappa shape index (κ2) is 8.15. The van der Waals surface area contributed by atoms with Crippen LogP contribution in [0, 0.1) is 6.92 Å². The van der Waals surface area contributed by atoms with Crippen molar-refractivity contribution in [1.82, 2.24) is 15.6 Å². The van der Waals surface area contributed by atoms with E-state index in [1.54, 1.807) is 0 Å². The highest BCUT2D eigenvalue weighted by Gasteiger charge is 2.14.